The maximum atomic E-state index is 13.9. The molecule has 2 saturated heterocycles. The molecule has 2 heterocycles. The highest BCUT2D eigenvalue weighted by molar-refractivity contribution is 5.92. The minimum atomic E-state index is -1.09. The number of nitrogens with two attached hydrogens (primary N) is 1. The zero-order valence-electron chi connectivity index (χ0n) is 22.6. The van der Waals surface area contributed by atoms with Crippen molar-refractivity contribution in [2.75, 3.05) is 26.7 Å². The van der Waals surface area contributed by atoms with Crippen molar-refractivity contribution in [2.45, 2.75) is 89.1 Å². The highest BCUT2D eigenvalue weighted by atomic mass is 19.1. The van der Waals surface area contributed by atoms with Crippen LogP contribution in [0.3, 0.4) is 0 Å². The Labute approximate surface area is 220 Å². The molecule has 1 aliphatic carbocycles. The van der Waals surface area contributed by atoms with Crippen molar-refractivity contribution in [3.8, 4) is 0 Å². The van der Waals surface area contributed by atoms with Gasteiger partial charge in [-0.25, -0.2) is 4.39 Å². The minimum absolute atomic E-state index is 0.0326. The normalized spacial score (nSPS) is 26.0. The molecule has 0 aromatic heterocycles. The van der Waals surface area contributed by atoms with E-state index in [1.54, 1.807) is 42.8 Å². The lowest BCUT2D eigenvalue weighted by Crippen LogP contribution is -2.59. The summed E-state index contributed by atoms with van der Waals surface area (Å²) >= 11 is 0. The number of nitrogens with zero attached hydrogens (tertiary/aromatic N) is 2. The van der Waals surface area contributed by atoms with E-state index in [2.05, 4.69) is 5.32 Å². The summed E-state index contributed by atoms with van der Waals surface area (Å²) in [6.07, 6.45) is 8.90. The van der Waals surface area contributed by atoms with E-state index in [9.17, 15) is 18.8 Å². The summed E-state index contributed by atoms with van der Waals surface area (Å²) in [5.41, 5.74) is 5.13. The number of rotatable bonds is 7. The molecule has 0 bridgehead atoms. The number of likely N-dealkylation sites (tertiary alicyclic amines) is 2. The van der Waals surface area contributed by atoms with E-state index in [0.29, 0.717) is 44.8 Å². The Morgan fingerprint density at radius 1 is 1.16 bits per heavy atom. The summed E-state index contributed by atoms with van der Waals surface area (Å²) in [6, 6.07) is 5.72. The Kier molecular flexibility index (Phi) is 8.26. The molecule has 1 aromatic carbocycles. The molecule has 3 atom stereocenters. The Hall–Kier alpha value is -2.48. The Morgan fingerprint density at radius 2 is 1.84 bits per heavy atom. The summed E-state index contributed by atoms with van der Waals surface area (Å²) in [7, 11) is 1.80. The number of halogens is 1. The third kappa shape index (κ3) is 6.00. The van der Waals surface area contributed by atoms with Gasteiger partial charge < -0.3 is 20.9 Å². The van der Waals surface area contributed by atoms with Crippen molar-refractivity contribution < 1.29 is 18.8 Å². The molecule has 7 nitrogen and oxygen atoms in total. The lowest BCUT2D eigenvalue weighted by molar-refractivity contribution is -0.146. The predicted octanol–water partition coefficient (Wildman–Crippen LogP) is 3.57. The second kappa shape index (κ2) is 11.1. The highest BCUT2D eigenvalue weighted by Gasteiger charge is 2.55. The third-order valence-electron chi connectivity index (χ3n) is 8.78. The Bertz CT molecular complexity index is 986. The average Bonchev–Trinajstić information content (AvgIpc) is 3.11. The van der Waals surface area contributed by atoms with Gasteiger partial charge in [-0.1, -0.05) is 44.2 Å². The summed E-state index contributed by atoms with van der Waals surface area (Å²) in [6.45, 7) is 4.67. The van der Waals surface area contributed by atoms with Crippen LogP contribution < -0.4 is 11.1 Å². The van der Waals surface area contributed by atoms with Crippen molar-refractivity contribution in [1.82, 2.24) is 15.1 Å². The predicted molar refractivity (Wildman–Crippen MR) is 141 cm³/mol. The summed E-state index contributed by atoms with van der Waals surface area (Å²) in [5.74, 6) is -0.304. The SMILES string of the molecule is CN1CC(c2ccc(F)cc2)C2(CCCN(C(=O)[C@@H](CCC3CCCCC3)NC(=O)C(C)(C)N)C2)C1=O. The monoisotopic (exact) mass is 514 g/mol. The fraction of sp³-hybridized carbons (Fsp3) is 0.690. The molecule has 3 amide bonds. The van der Waals surface area contributed by atoms with E-state index in [0.717, 1.165) is 12.0 Å². The maximum absolute atomic E-state index is 13.9. The number of hydrogen-bond acceptors (Lipinski definition) is 4. The van der Waals surface area contributed by atoms with Gasteiger partial charge in [0.2, 0.25) is 17.7 Å². The van der Waals surface area contributed by atoms with E-state index in [4.69, 9.17) is 5.73 Å². The Balaban J connectivity index is 1.55. The lowest BCUT2D eigenvalue weighted by atomic mass is 9.69. The molecular formula is C29H43FN4O3. The first-order chi connectivity index (χ1) is 17.5. The quantitative estimate of drug-likeness (QED) is 0.582. The number of carbonyl (C=O) groups excluding carboxylic acids is 3. The van der Waals surface area contributed by atoms with Crippen LogP contribution in [0.5, 0.6) is 0 Å². The molecule has 4 rings (SSSR count). The van der Waals surface area contributed by atoms with Crippen LogP contribution in [-0.2, 0) is 14.4 Å². The van der Waals surface area contributed by atoms with Gasteiger partial charge in [-0.3, -0.25) is 14.4 Å². The van der Waals surface area contributed by atoms with Crippen LogP contribution in [0.25, 0.3) is 0 Å². The molecule has 0 radical (unpaired) electrons. The standard InChI is InChI=1S/C29H43FN4O3/c1-28(2,31)26(36)32-24(15-10-20-8-5-4-6-9-20)25(35)34-17-7-16-29(19-34)23(18-33(3)27(29)37)21-11-13-22(30)14-12-21/h11-14,20,23-24H,4-10,15-19,31H2,1-3H3,(H,32,36)/t23?,24-,29?/m1/s1. The number of hydrogen-bond donors (Lipinski definition) is 2. The third-order valence-corrected chi connectivity index (χ3v) is 8.78. The molecular weight excluding hydrogens is 471 g/mol. The summed E-state index contributed by atoms with van der Waals surface area (Å²) < 4.78 is 13.6. The van der Waals surface area contributed by atoms with E-state index in [-0.39, 0.29) is 29.5 Å². The summed E-state index contributed by atoms with van der Waals surface area (Å²) in [4.78, 5) is 43.8. The van der Waals surface area contributed by atoms with Gasteiger partial charge in [0.25, 0.3) is 0 Å². The van der Waals surface area contributed by atoms with Crippen LogP contribution in [-0.4, -0.2) is 65.8 Å². The number of likely N-dealkylation sites (N-methyl/N-ethyl adjacent to an activating group) is 1. The van der Waals surface area contributed by atoms with Crippen LogP contribution in [0, 0.1) is 17.2 Å². The minimum Gasteiger partial charge on any atom is -0.345 e. The molecule has 204 valence electrons. The van der Waals surface area contributed by atoms with E-state index < -0.39 is 17.0 Å². The second-order valence-corrected chi connectivity index (χ2v) is 12.1. The van der Waals surface area contributed by atoms with Gasteiger partial charge >= 0.3 is 0 Å². The molecule has 1 spiro atoms. The number of carbonyl (C=O) groups is 3. The Morgan fingerprint density at radius 3 is 2.49 bits per heavy atom. The number of nitrogens with one attached hydrogen (secondary N) is 1. The topological polar surface area (TPSA) is 95.7 Å². The van der Waals surface area contributed by atoms with E-state index in [1.165, 1.54) is 44.2 Å². The van der Waals surface area contributed by atoms with Gasteiger partial charge in [0.05, 0.1) is 11.0 Å². The zero-order chi connectivity index (χ0) is 26.8. The van der Waals surface area contributed by atoms with Crippen molar-refractivity contribution in [3.63, 3.8) is 0 Å². The first-order valence-corrected chi connectivity index (χ1v) is 13.9. The first-order valence-electron chi connectivity index (χ1n) is 13.9. The molecule has 1 saturated carbocycles. The molecule has 2 unspecified atom stereocenters. The van der Waals surface area contributed by atoms with Gasteiger partial charge in [-0.2, -0.15) is 0 Å². The lowest BCUT2D eigenvalue weighted by Gasteiger charge is -2.43. The molecule has 3 aliphatic rings. The molecule has 3 fully saturated rings. The first kappa shape index (κ1) is 27.6. The van der Waals surface area contributed by atoms with E-state index in [1.807, 2.05) is 0 Å². The second-order valence-electron chi connectivity index (χ2n) is 12.1. The molecule has 37 heavy (non-hydrogen) atoms. The zero-order valence-corrected chi connectivity index (χ0v) is 22.6. The molecule has 3 N–H and O–H groups in total. The van der Waals surface area contributed by atoms with Gasteiger partial charge in [0.15, 0.2) is 0 Å². The van der Waals surface area contributed by atoms with Gasteiger partial charge in [0, 0.05) is 32.6 Å². The van der Waals surface area contributed by atoms with Crippen molar-refractivity contribution in [3.05, 3.63) is 35.6 Å². The van der Waals surface area contributed by atoms with Crippen molar-refractivity contribution in [2.24, 2.45) is 17.1 Å². The van der Waals surface area contributed by atoms with Gasteiger partial charge in [-0.15, -0.1) is 0 Å². The maximum Gasteiger partial charge on any atom is 0.245 e. The molecule has 2 aliphatic heterocycles. The van der Waals surface area contributed by atoms with Crippen molar-refractivity contribution >= 4 is 17.7 Å². The smallest absolute Gasteiger partial charge is 0.245 e. The number of benzene rings is 1. The number of piperidine rings is 1. The largest absolute Gasteiger partial charge is 0.345 e. The van der Waals surface area contributed by atoms with Crippen LogP contribution in [0.1, 0.15) is 83.1 Å². The van der Waals surface area contributed by atoms with Crippen LogP contribution in [0.2, 0.25) is 0 Å². The summed E-state index contributed by atoms with van der Waals surface area (Å²) in [5, 5.41) is 2.95. The van der Waals surface area contributed by atoms with Gasteiger partial charge in [-0.05, 0) is 63.1 Å². The molecule has 1 aromatic rings. The molecule has 8 heteroatoms. The number of amides is 3. The van der Waals surface area contributed by atoms with Crippen LogP contribution in [0.4, 0.5) is 4.39 Å². The van der Waals surface area contributed by atoms with Crippen LogP contribution in [0.15, 0.2) is 24.3 Å². The van der Waals surface area contributed by atoms with Crippen molar-refractivity contribution in [1.29, 1.82) is 0 Å². The van der Waals surface area contributed by atoms with Gasteiger partial charge in [0.1, 0.15) is 11.9 Å². The highest BCUT2D eigenvalue weighted by Crippen LogP contribution is 2.49. The van der Waals surface area contributed by atoms with Crippen LogP contribution >= 0.6 is 0 Å². The van der Waals surface area contributed by atoms with E-state index >= 15 is 0 Å². The fourth-order valence-corrected chi connectivity index (χ4v) is 6.61. The fourth-order valence-electron chi connectivity index (χ4n) is 6.61. The average molecular weight is 515 g/mol.